The average molecular weight is 494 g/mol. The molecule has 1 fully saturated rings. The Kier molecular flexibility index (Phi) is 6.93. The summed E-state index contributed by atoms with van der Waals surface area (Å²) in [6.45, 7) is 5.67. The summed E-state index contributed by atoms with van der Waals surface area (Å²) in [5.41, 5.74) is 6.24. The van der Waals surface area contributed by atoms with E-state index in [-0.39, 0.29) is 11.3 Å². The van der Waals surface area contributed by atoms with E-state index in [2.05, 4.69) is 45.5 Å². The molecule has 4 heterocycles. The van der Waals surface area contributed by atoms with Crippen molar-refractivity contribution in [3.8, 4) is 11.1 Å². The normalized spacial score (nSPS) is 14.8. The molecule has 1 amide bonds. The van der Waals surface area contributed by atoms with Crippen LogP contribution in [0.2, 0.25) is 0 Å². The molecule has 5 rings (SSSR count). The maximum Gasteiger partial charge on any atom is 0.410 e. The number of nitrogens with zero attached hydrogens (tertiary/aromatic N) is 4. The Balaban J connectivity index is 1.31. The van der Waals surface area contributed by atoms with Crippen LogP contribution in [0.3, 0.4) is 0 Å². The number of amides is 1. The molecule has 1 aromatic carbocycles. The number of fused-ring (bicyclic) bond motifs is 1. The topological polar surface area (TPSA) is 73.4 Å². The second-order valence-corrected chi connectivity index (χ2v) is 11.2. The smallest absolute Gasteiger partial charge is 0.410 e. The molecule has 7 nitrogen and oxygen atoms in total. The average Bonchev–Trinajstić information content (AvgIpc) is 3.42. The third kappa shape index (κ3) is 5.34. The summed E-state index contributed by atoms with van der Waals surface area (Å²) < 4.78 is 13.3. The monoisotopic (exact) mass is 494 g/mol. The van der Waals surface area contributed by atoms with E-state index in [1.807, 2.05) is 55.3 Å². The summed E-state index contributed by atoms with van der Waals surface area (Å²) in [5, 5.41) is 5.23. The molecule has 0 atom stereocenters. The zero-order valence-electron chi connectivity index (χ0n) is 22.5. The number of hydrogen-bond acceptors (Lipinski definition) is 5. The number of likely N-dealkylation sites (tertiary alicyclic amines) is 1. The highest BCUT2D eigenvalue weighted by Gasteiger charge is 2.27. The van der Waals surface area contributed by atoms with E-state index in [1.165, 1.54) is 10.9 Å². The first kappa shape index (κ1) is 25.2. The van der Waals surface area contributed by atoms with Crippen LogP contribution in [0.15, 0.2) is 53.3 Å². The molecule has 0 aliphatic carbocycles. The fraction of sp³-hybridized carbons (Fsp3) is 0.370. The summed E-state index contributed by atoms with van der Waals surface area (Å²) in [7, 11) is 6.62. The standard InChI is InChI=1S/C27H33B3N4O3/c1-17-24(18(2)37-32-17)21-13-23-22(15-34(27(28,29)30)25(23)31-14-21)12-19-8-10-33(11-9-19)26(35)36-16-20-6-4-3-5-7-20/h3-7,13-15,19H,8-12,16,28-30H2,1-2H3. The van der Waals surface area contributed by atoms with Gasteiger partial charge in [-0.2, -0.15) is 0 Å². The first-order valence-corrected chi connectivity index (χ1v) is 13.1. The molecule has 3 aromatic heterocycles. The van der Waals surface area contributed by atoms with Gasteiger partial charge in [-0.1, -0.05) is 35.5 Å². The largest absolute Gasteiger partial charge is 0.445 e. The second kappa shape index (κ2) is 10.2. The van der Waals surface area contributed by atoms with Crippen molar-refractivity contribution in [1.29, 1.82) is 0 Å². The predicted octanol–water partition coefficient (Wildman–Crippen LogP) is 2.37. The molecular formula is C27H33B3N4O3. The molecule has 0 radical (unpaired) electrons. The van der Waals surface area contributed by atoms with Crippen LogP contribution in [0.4, 0.5) is 4.79 Å². The molecule has 1 saturated heterocycles. The van der Waals surface area contributed by atoms with Crippen molar-refractivity contribution < 1.29 is 14.1 Å². The Morgan fingerprint density at radius 2 is 1.89 bits per heavy atom. The summed E-state index contributed by atoms with van der Waals surface area (Å²) >= 11 is 0. The van der Waals surface area contributed by atoms with Crippen molar-refractivity contribution in [2.45, 2.75) is 45.0 Å². The number of rotatable bonds is 6. The Hall–Kier alpha value is -3.42. The van der Waals surface area contributed by atoms with E-state index in [4.69, 9.17) is 14.2 Å². The Bertz CT molecular complexity index is 1380. The van der Waals surface area contributed by atoms with Crippen molar-refractivity contribution in [1.82, 2.24) is 19.6 Å². The molecule has 1 aliphatic heterocycles. The summed E-state index contributed by atoms with van der Waals surface area (Å²) in [5.74, 6) is 1.31. The molecule has 1 aliphatic rings. The Labute approximate surface area is 220 Å². The van der Waals surface area contributed by atoms with E-state index in [0.29, 0.717) is 12.5 Å². The molecule has 0 spiro atoms. The van der Waals surface area contributed by atoms with Gasteiger partial charge in [0, 0.05) is 42.0 Å². The van der Waals surface area contributed by atoms with E-state index < -0.39 is 0 Å². The highest BCUT2D eigenvalue weighted by atomic mass is 16.6. The van der Waals surface area contributed by atoms with E-state index in [9.17, 15) is 4.79 Å². The number of aryl methyl sites for hydroxylation is 2. The van der Waals surface area contributed by atoms with Crippen LogP contribution in [0.5, 0.6) is 0 Å². The fourth-order valence-corrected chi connectivity index (χ4v) is 5.32. The van der Waals surface area contributed by atoms with Crippen LogP contribution in [-0.2, 0) is 23.0 Å². The quantitative estimate of drug-likeness (QED) is 0.385. The van der Waals surface area contributed by atoms with Gasteiger partial charge in [-0.3, -0.25) is 0 Å². The summed E-state index contributed by atoms with van der Waals surface area (Å²) in [6, 6.07) is 12.1. The molecule has 188 valence electrons. The maximum absolute atomic E-state index is 12.6. The lowest BCUT2D eigenvalue weighted by Gasteiger charge is -2.31. The first-order valence-electron chi connectivity index (χ1n) is 13.1. The number of hydrogen-bond donors (Lipinski definition) is 0. The number of carbonyl (C=O) groups excluding carboxylic acids is 1. The number of ether oxygens (including phenoxy) is 1. The van der Waals surface area contributed by atoms with Crippen molar-refractivity contribution in [3.63, 3.8) is 0 Å². The van der Waals surface area contributed by atoms with Gasteiger partial charge in [0.2, 0.25) is 0 Å². The maximum atomic E-state index is 12.6. The van der Waals surface area contributed by atoms with Gasteiger partial charge in [-0.05, 0) is 61.5 Å². The highest BCUT2D eigenvalue weighted by molar-refractivity contribution is 6.56. The lowest BCUT2D eigenvalue weighted by Crippen LogP contribution is -2.39. The van der Waals surface area contributed by atoms with E-state index in [0.717, 1.165) is 66.1 Å². The van der Waals surface area contributed by atoms with Crippen molar-refractivity contribution in [3.05, 3.63) is 71.4 Å². The Morgan fingerprint density at radius 3 is 2.54 bits per heavy atom. The molecule has 4 aromatic rings. The third-order valence-corrected chi connectivity index (χ3v) is 7.36. The van der Waals surface area contributed by atoms with Crippen LogP contribution in [0, 0.1) is 19.8 Å². The number of pyridine rings is 1. The third-order valence-electron chi connectivity index (χ3n) is 7.36. The number of aromatic nitrogens is 3. The SMILES string of the molecule is BC(B)(B)n1cc(CC2CCN(C(=O)OCc3ccccc3)CC2)c2cc(-c3c(C)noc3C)cnc21. The van der Waals surface area contributed by atoms with Gasteiger partial charge in [0.05, 0.1) is 5.69 Å². The minimum absolute atomic E-state index is 0.0834. The van der Waals surface area contributed by atoms with Crippen molar-refractivity contribution in [2.75, 3.05) is 13.1 Å². The Morgan fingerprint density at radius 1 is 1.16 bits per heavy atom. The molecule has 0 unspecified atom stereocenters. The lowest BCUT2D eigenvalue weighted by molar-refractivity contribution is 0.0823. The molecule has 10 heteroatoms. The van der Waals surface area contributed by atoms with Gasteiger partial charge >= 0.3 is 6.09 Å². The van der Waals surface area contributed by atoms with Crippen molar-refractivity contribution >= 4 is 40.7 Å². The minimum Gasteiger partial charge on any atom is -0.445 e. The zero-order chi connectivity index (χ0) is 26.2. The van der Waals surface area contributed by atoms with Crippen LogP contribution in [0.25, 0.3) is 22.2 Å². The van der Waals surface area contributed by atoms with E-state index in [1.54, 1.807) is 0 Å². The molecule has 0 N–H and O–H groups in total. The van der Waals surface area contributed by atoms with Gasteiger partial charge in [-0.25, -0.2) is 9.78 Å². The molecule has 0 bridgehead atoms. The van der Waals surface area contributed by atoms with Crippen LogP contribution in [0.1, 0.15) is 35.4 Å². The minimum atomic E-state index is -0.222. The number of piperidine rings is 1. The van der Waals surface area contributed by atoms with Gasteiger partial charge in [0.25, 0.3) is 0 Å². The van der Waals surface area contributed by atoms with Crippen LogP contribution >= 0.6 is 0 Å². The molecule has 37 heavy (non-hydrogen) atoms. The summed E-state index contributed by atoms with van der Waals surface area (Å²) in [4.78, 5) is 19.4. The van der Waals surface area contributed by atoms with Crippen LogP contribution in [-0.4, -0.2) is 62.3 Å². The van der Waals surface area contributed by atoms with Gasteiger partial charge in [0.15, 0.2) is 0 Å². The van der Waals surface area contributed by atoms with E-state index >= 15 is 0 Å². The zero-order valence-corrected chi connectivity index (χ0v) is 22.5. The fourth-order valence-electron chi connectivity index (χ4n) is 5.32. The summed E-state index contributed by atoms with van der Waals surface area (Å²) in [6.07, 6.45) is 6.86. The van der Waals surface area contributed by atoms with Crippen molar-refractivity contribution in [2.24, 2.45) is 5.92 Å². The first-order chi connectivity index (χ1) is 17.7. The highest BCUT2D eigenvalue weighted by Crippen LogP contribution is 2.33. The predicted molar refractivity (Wildman–Crippen MR) is 153 cm³/mol. The second-order valence-electron chi connectivity index (χ2n) is 11.2. The molecular weight excluding hydrogens is 461 g/mol. The van der Waals surface area contributed by atoms with Gasteiger partial charge in [0.1, 0.15) is 41.6 Å². The van der Waals surface area contributed by atoms with Gasteiger partial charge < -0.3 is 18.7 Å². The number of carbonyl (C=O) groups is 1. The number of benzene rings is 1. The lowest BCUT2D eigenvalue weighted by atomic mass is 9.49. The molecule has 0 saturated carbocycles. The van der Waals surface area contributed by atoms with Gasteiger partial charge in [-0.15, -0.1) is 0 Å². The van der Waals surface area contributed by atoms with Crippen LogP contribution < -0.4 is 0 Å².